The molecule has 0 spiro atoms. The van der Waals surface area contributed by atoms with Crippen LogP contribution in [-0.4, -0.2) is 95.3 Å². The van der Waals surface area contributed by atoms with Gasteiger partial charge in [-0.3, -0.25) is 19.2 Å². The van der Waals surface area contributed by atoms with E-state index in [-0.39, 0.29) is 35.8 Å². The van der Waals surface area contributed by atoms with E-state index in [0.29, 0.717) is 22.6 Å². The van der Waals surface area contributed by atoms with Crippen LogP contribution in [0.5, 0.6) is 23.0 Å². The van der Waals surface area contributed by atoms with E-state index in [9.17, 15) is 28.8 Å². The van der Waals surface area contributed by atoms with Crippen molar-refractivity contribution in [2.24, 2.45) is 0 Å². The molecular formula is C35H38Cl4N2O10S2. The summed E-state index contributed by atoms with van der Waals surface area (Å²) in [6.07, 6.45) is 9.24. The normalized spacial score (nSPS) is 12.4. The number of esters is 2. The summed E-state index contributed by atoms with van der Waals surface area (Å²) in [5.74, 6) is -2.26. The van der Waals surface area contributed by atoms with Crippen molar-refractivity contribution in [2.75, 3.05) is 38.2 Å². The molecule has 2 amide bonds. The van der Waals surface area contributed by atoms with E-state index in [4.69, 9.17) is 65.4 Å². The average Bonchev–Trinajstić information content (AvgIpc) is 3.13. The number of amides is 2. The molecule has 12 nitrogen and oxygen atoms in total. The Hall–Kier alpha value is -3.40. The number of methoxy groups -OCH3 is 2. The van der Waals surface area contributed by atoms with Gasteiger partial charge in [0.2, 0.25) is 0 Å². The van der Waals surface area contributed by atoms with E-state index in [2.05, 4.69) is 10.6 Å². The number of ketones is 2. The topological polar surface area (TPSA) is 163 Å². The van der Waals surface area contributed by atoms with Crippen LogP contribution in [0.15, 0.2) is 48.6 Å². The highest BCUT2D eigenvalue weighted by atomic mass is 35.5. The summed E-state index contributed by atoms with van der Waals surface area (Å²) in [4.78, 5) is 72.1. The first kappa shape index (κ1) is 45.8. The molecule has 0 saturated heterocycles. The van der Waals surface area contributed by atoms with Crippen LogP contribution in [0.2, 0.25) is 0 Å². The Morgan fingerprint density at radius 3 is 1.34 bits per heavy atom. The summed E-state index contributed by atoms with van der Waals surface area (Å²) in [7, 11) is 2.74. The number of benzene rings is 2. The highest BCUT2D eigenvalue weighted by molar-refractivity contribution is 7.98. The molecule has 2 unspecified atom stereocenters. The van der Waals surface area contributed by atoms with E-state index >= 15 is 0 Å². The molecule has 0 aliphatic rings. The smallest absolute Gasteiger partial charge is 0.334 e. The van der Waals surface area contributed by atoms with Crippen molar-refractivity contribution in [3.05, 3.63) is 59.7 Å². The first-order valence-electron chi connectivity index (χ1n) is 15.6. The molecule has 0 aliphatic heterocycles. The lowest BCUT2D eigenvalue weighted by molar-refractivity contribution is -0.139. The van der Waals surface area contributed by atoms with Crippen LogP contribution in [0.25, 0.3) is 12.2 Å². The zero-order valence-electron chi connectivity index (χ0n) is 29.0. The number of alkyl halides is 4. The quantitative estimate of drug-likeness (QED) is 0.0479. The minimum Gasteiger partial charge on any atom is -0.493 e. The second kappa shape index (κ2) is 24.1. The fraction of sp³-hybridized carbons (Fsp3) is 0.371. The van der Waals surface area contributed by atoms with Crippen molar-refractivity contribution >= 4 is 117 Å². The fourth-order valence-electron chi connectivity index (χ4n) is 4.21. The van der Waals surface area contributed by atoms with Gasteiger partial charge in [0.15, 0.2) is 44.2 Å². The number of halogens is 4. The second-order valence-electron chi connectivity index (χ2n) is 10.7. The molecule has 18 heteroatoms. The van der Waals surface area contributed by atoms with Gasteiger partial charge in [0.1, 0.15) is 12.1 Å². The van der Waals surface area contributed by atoms with Crippen molar-refractivity contribution in [3.8, 4) is 23.0 Å². The van der Waals surface area contributed by atoms with Crippen molar-refractivity contribution in [1.82, 2.24) is 10.6 Å². The van der Waals surface area contributed by atoms with E-state index in [1.807, 2.05) is 12.5 Å². The predicted octanol–water partition coefficient (Wildman–Crippen LogP) is 5.85. The van der Waals surface area contributed by atoms with Crippen LogP contribution in [0.4, 0.5) is 0 Å². The Kier molecular flexibility index (Phi) is 20.8. The third-order valence-corrected chi connectivity index (χ3v) is 8.97. The Labute approximate surface area is 335 Å². The Balaban J connectivity index is 2.05. The summed E-state index contributed by atoms with van der Waals surface area (Å²) >= 11 is 25.4. The monoisotopic (exact) mass is 850 g/mol. The zero-order chi connectivity index (χ0) is 39.5. The van der Waals surface area contributed by atoms with Gasteiger partial charge >= 0.3 is 11.9 Å². The summed E-state index contributed by atoms with van der Waals surface area (Å²) in [5, 5.41) is 4.93. The minimum absolute atomic E-state index is 0.0804. The lowest BCUT2D eigenvalue weighted by Crippen LogP contribution is -2.45. The van der Waals surface area contributed by atoms with Crippen molar-refractivity contribution < 1.29 is 47.7 Å². The lowest BCUT2D eigenvalue weighted by Gasteiger charge is -2.18. The van der Waals surface area contributed by atoms with Crippen molar-refractivity contribution in [3.63, 3.8) is 0 Å². The number of ether oxygens (including phenoxy) is 4. The van der Waals surface area contributed by atoms with Gasteiger partial charge < -0.3 is 29.6 Å². The lowest BCUT2D eigenvalue weighted by atomic mass is 10.1. The molecule has 288 valence electrons. The van der Waals surface area contributed by atoms with Gasteiger partial charge in [-0.15, -0.1) is 0 Å². The third kappa shape index (κ3) is 16.2. The number of hydrogen-bond donors (Lipinski definition) is 2. The molecular weight excluding hydrogens is 814 g/mol. The number of nitrogens with one attached hydrogen (secondary N) is 2. The average molecular weight is 853 g/mol. The molecule has 2 aromatic carbocycles. The third-order valence-electron chi connectivity index (χ3n) is 6.89. The van der Waals surface area contributed by atoms with E-state index in [1.165, 1.54) is 86.3 Å². The Morgan fingerprint density at radius 2 is 1.02 bits per heavy atom. The van der Waals surface area contributed by atoms with E-state index < -0.39 is 63.5 Å². The van der Waals surface area contributed by atoms with Crippen LogP contribution in [-0.2, 0) is 28.8 Å². The molecule has 0 aromatic heterocycles. The van der Waals surface area contributed by atoms with Gasteiger partial charge in [-0.25, -0.2) is 9.59 Å². The highest BCUT2D eigenvalue weighted by Gasteiger charge is 2.27. The number of carbonyl (C=O) groups excluding carboxylic acids is 6. The van der Waals surface area contributed by atoms with E-state index in [1.54, 1.807) is 12.1 Å². The molecule has 2 rings (SSSR count). The zero-order valence-corrected chi connectivity index (χ0v) is 33.7. The maximum Gasteiger partial charge on any atom is 0.334 e. The maximum absolute atomic E-state index is 12.8. The van der Waals surface area contributed by atoms with Crippen LogP contribution < -0.4 is 29.6 Å². The van der Waals surface area contributed by atoms with Crippen LogP contribution >= 0.6 is 69.9 Å². The fourth-order valence-corrected chi connectivity index (χ4v) is 5.40. The van der Waals surface area contributed by atoms with Gasteiger partial charge in [0.05, 0.1) is 20.6 Å². The Bertz CT molecular complexity index is 1550. The molecule has 2 aromatic rings. The molecule has 0 aliphatic carbocycles. The molecule has 0 saturated carbocycles. The SMILES string of the molecule is COc1cc(/C=C/C(=O)CC(=O)/C=C/c2ccc(OC(=O)C(CCSC)NC(=O)C(Cl)Cl)c(OC)c2)ccc1OC(=O)C(CCSC)NC(=O)C(Cl)Cl. The first-order chi connectivity index (χ1) is 25.2. The maximum atomic E-state index is 12.8. The van der Waals surface area contributed by atoms with Crippen LogP contribution in [0, 0.1) is 0 Å². The molecule has 53 heavy (non-hydrogen) atoms. The van der Waals surface area contributed by atoms with Gasteiger partial charge in [-0.1, -0.05) is 70.7 Å². The number of allylic oxidation sites excluding steroid dienone is 2. The predicted molar refractivity (Wildman–Crippen MR) is 211 cm³/mol. The molecule has 0 fully saturated rings. The summed E-state index contributed by atoms with van der Waals surface area (Å²) in [5.41, 5.74) is 1.04. The molecule has 0 bridgehead atoms. The van der Waals surface area contributed by atoms with Gasteiger partial charge in [0, 0.05) is 0 Å². The number of carbonyl (C=O) groups is 6. The summed E-state index contributed by atoms with van der Waals surface area (Å²) < 4.78 is 21.7. The summed E-state index contributed by atoms with van der Waals surface area (Å²) in [6.45, 7) is 0. The molecule has 0 heterocycles. The van der Waals surface area contributed by atoms with Crippen LogP contribution in [0.1, 0.15) is 30.4 Å². The van der Waals surface area contributed by atoms with Crippen molar-refractivity contribution in [2.45, 2.75) is 41.0 Å². The Morgan fingerprint density at radius 1 is 0.642 bits per heavy atom. The van der Waals surface area contributed by atoms with Gasteiger partial charge in [0.25, 0.3) is 11.8 Å². The number of rotatable bonds is 22. The molecule has 2 N–H and O–H groups in total. The molecule has 2 atom stereocenters. The first-order valence-corrected chi connectivity index (χ1v) is 20.1. The van der Waals surface area contributed by atoms with Crippen molar-refractivity contribution in [1.29, 1.82) is 0 Å². The standard InChI is InChI=1S/C35H38Cl4N2O10S2/c1-48-28-17-20(7-11-26(28)50-34(46)24(13-15-52-3)40-32(44)30(36)37)5-9-22(42)19-23(43)10-6-21-8-12-27(29(18-21)49-2)51-35(47)25(14-16-53-4)41-33(45)31(38)39/h5-12,17-18,24-25,30-31H,13-16,19H2,1-4H3,(H,40,44)(H,41,45)/b9-5+,10-6+. The number of thioether (sulfide) groups is 2. The van der Waals surface area contributed by atoms with Gasteiger partial charge in [-0.2, -0.15) is 23.5 Å². The highest BCUT2D eigenvalue weighted by Crippen LogP contribution is 2.30. The van der Waals surface area contributed by atoms with Crippen LogP contribution in [0.3, 0.4) is 0 Å². The second-order valence-corrected chi connectivity index (χ2v) is 14.9. The molecule has 0 radical (unpaired) electrons. The summed E-state index contributed by atoms with van der Waals surface area (Å²) in [6, 6.07) is 7.14. The number of hydrogen-bond acceptors (Lipinski definition) is 12. The van der Waals surface area contributed by atoms with Gasteiger partial charge in [-0.05, 0) is 84.4 Å². The minimum atomic E-state index is -1.36. The largest absolute Gasteiger partial charge is 0.493 e. The van der Waals surface area contributed by atoms with E-state index in [0.717, 1.165) is 0 Å².